The Hall–Kier alpha value is -1.35. The lowest BCUT2D eigenvalue weighted by Gasteiger charge is -2.31. The summed E-state index contributed by atoms with van der Waals surface area (Å²) >= 11 is 0. The lowest BCUT2D eigenvalue weighted by molar-refractivity contribution is -0.151. The molecule has 0 radical (unpaired) electrons. The summed E-state index contributed by atoms with van der Waals surface area (Å²) in [4.78, 5) is 14.0. The Morgan fingerprint density at radius 2 is 2.05 bits per heavy atom. The Labute approximate surface area is 121 Å². The number of likely N-dealkylation sites (tertiary alicyclic amines) is 1. The fraction of sp³-hybridized carbons (Fsp3) is 0.588. The van der Waals surface area contributed by atoms with Crippen molar-refractivity contribution in [2.45, 2.75) is 40.2 Å². The summed E-state index contributed by atoms with van der Waals surface area (Å²) in [5, 5.41) is 9.62. The maximum Gasteiger partial charge on any atom is 0.311 e. The minimum absolute atomic E-state index is 0.162. The summed E-state index contributed by atoms with van der Waals surface area (Å²) in [6, 6.07) is 8.77. The van der Waals surface area contributed by atoms with Crippen molar-refractivity contribution >= 4 is 5.97 Å². The van der Waals surface area contributed by atoms with Gasteiger partial charge in [0.2, 0.25) is 0 Å². The van der Waals surface area contributed by atoms with E-state index in [9.17, 15) is 9.90 Å². The molecule has 0 aliphatic carbocycles. The van der Waals surface area contributed by atoms with Crippen molar-refractivity contribution in [3.63, 3.8) is 0 Å². The highest BCUT2D eigenvalue weighted by molar-refractivity contribution is 5.75. The standard InChI is InChI=1S/C17H25NO2/c1-12(2)17(16(19)20)8-9-18(11-17)14(4)15-7-5-6-13(3)10-15/h5-7,10,12,14H,8-9,11H2,1-4H3,(H,19,20). The molecule has 1 aliphatic rings. The van der Waals surface area contributed by atoms with Crippen LogP contribution < -0.4 is 0 Å². The largest absolute Gasteiger partial charge is 0.481 e. The van der Waals surface area contributed by atoms with E-state index in [0.29, 0.717) is 6.54 Å². The van der Waals surface area contributed by atoms with E-state index < -0.39 is 11.4 Å². The van der Waals surface area contributed by atoms with E-state index >= 15 is 0 Å². The van der Waals surface area contributed by atoms with Crippen molar-refractivity contribution in [1.29, 1.82) is 0 Å². The molecular formula is C17H25NO2. The molecule has 3 heteroatoms. The average molecular weight is 275 g/mol. The van der Waals surface area contributed by atoms with Crippen molar-refractivity contribution in [1.82, 2.24) is 4.90 Å². The fourth-order valence-electron chi connectivity index (χ4n) is 3.23. The summed E-state index contributed by atoms with van der Waals surface area (Å²) in [6.07, 6.45) is 0.746. The van der Waals surface area contributed by atoms with Crippen molar-refractivity contribution in [2.75, 3.05) is 13.1 Å². The topological polar surface area (TPSA) is 40.5 Å². The summed E-state index contributed by atoms with van der Waals surface area (Å²) in [5.41, 5.74) is 1.94. The van der Waals surface area contributed by atoms with Crippen LogP contribution in [-0.4, -0.2) is 29.1 Å². The Bertz CT molecular complexity index is 498. The molecule has 1 heterocycles. The van der Waals surface area contributed by atoms with Gasteiger partial charge in [-0.2, -0.15) is 0 Å². The number of benzene rings is 1. The number of aryl methyl sites for hydroxylation is 1. The third-order valence-corrected chi connectivity index (χ3v) is 4.93. The third kappa shape index (κ3) is 2.59. The lowest BCUT2D eigenvalue weighted by atomic mass is 9.76. The number of carboxylic acid groups (broad SMARTS) is 1. The minimum Gasteiger partial charge on any atom is -0.481 e. The second kappa shape index (κ2) is 5.57. The normalized spacial score (nSPS) is 25.1. The molecule has 110 valence electrons. The van der Waals surface area contributed by atoms with Gasteiger partial charge in [-0.15, -0.1) is 0 Å². The zero-order valence-electron chi connectivity index (χ0n) is 12.9. The maximum absolute atomic E-state index is 11.7. The van der Waals surface area contributed by atoms with E-state index in [1.165, 1.54) is 11.1 Å². The molecule has 1 aromatic rings. The summed E-state index contributed by atoms with van der Waals surface area (Å²) in [7, 11) is 0. The molecule has 1 saturated heterocycles. The SMILES string of the molecule is Cc1cccc(C(C)N2CCC(C(=O)O)(C(C)C)C2)c1. The number of hydrogen-bond donors (Lipinski definition) is 1. The number of nitrogens with zero attached hydrogens (tertiary/aromatic N) is 1. The molecule has 1 aliphatic heterocycles. The molecule has 1 N–H and O–H groups in total. The number of hydrogen-bond acceptors (Lipinski definition) is 2. The first-order valence-electron chi connectivity index (χ1n) is 7.41. The molecule has 2 unspecified atom stereocenters. The van der Waals surface area contributed by atoms with Crippen LogP contribution in [0.15, 0.2) is 24.3 Å². The smallest absolute Gasteiger partial charge is 0.311 e. The zero-order valence-corrected chi connectivity index (χ0v) is 12.9. The predicted octanol–water partition coefficient (Wildman–Crippen LogP) is 3.49. The molecule has 1 aromatic carbocycles. The van der Waals surface area contributed by atoms with Gasteiger partial charge in [0.05, 0.1) is 5.41 Å². The van der Waals surface area contributed by atoms with Crippen molar-refractivity contribution in [2.24, 2.45) is 11.3 Å². The van der Waals surface area contributed by atoms with E-state index in [0.717, 1.165) is 13.0 Å². The van der Waals surface area contributed by atoms with Gasteiger partial charge in [0.15, 0.2) is 0 Å². The molecule has 0 aromatic heterocycles. The molecule has 0 bridgehead atoms. The summed E-state index contributed by atoms with van der Waals surface area (Å²) in [6.45, 7) is 9.82. The summed E-state index contributed by atoms with van der Waals surface area (Å²) < 4.78 is 0. The van der Waals surface area contributed by atoms with Gasteiger partial charge in [0.1, 0.15) is 0 Å². The second-order valence-corrected chi connectivity index (χ2v) is 6.43. The van der Waals surface area contributed by atoms with E-state index in [2.05, 4.69) is 43.0 Å². The number of rotatable bonds is 4. The highest BCUT2D eigenvalue weighted by Crippen LogP contribution is 2.41. The van der Waals surface area contributed by atoms with Crippen LogP contribution in [0.2, 0.25) is 0 Å². The van der Waals surface area contributed by atoms with Crippen LogP contribution in [-0.2, 0) is 4.79 Å². The lowest BCUT2D eigenvalue weighted by Crippen LogP contribution is -2.39. The van der Waals surface area contributed by atoms with Gasteiger partial charge in [0, 0.05) is 12.6 Å². The van der Waals surface area contributed by atoms with Crippen LogP contribution in [0.25, 0.3) is 0 Å². The second-order valence-electron chi connectivity index (χ2n) is 6.43. The molecule has 2 rings (SSSR count). The number of aliphatic carboxylic acids is 1. The minimum atomic E-state index is -0.647. The maximum atomic E-state index is 11.7. The molecule has 0 spiro atoms. The molecule has 20 heavy (non-hydrogen) atoms. The monoisotopic (exact) mass is 275 g/mol. The summed E-state index contributed by atoms with van der Waals surface area (Å²) in [5.74, 6) is -0.485. The number of carboxylic acids is 1. The van der Waals surface area contributed by atoms with Crippen LogP contribution >= 0.6 is 0 Å². The van der Waals surface area contributed by atoms with E-state index in [1.807, 2.05) is 13.8 Å². The molecule has 0 saturated carbocycles. The molecule has 3 nitrogen and oxygen atoms in total. The quantitative estimate of drug-likeness (QED) is 0.914. The highest BCUT2D eigenvalue weighted by Gasteiger charge is 2.48. The molecular weight excluding hydrogens is 250 g/mol. The van der Waals surface area contributed by atoms with Gasteiger partial charge in [-0.1, -0.05) is 43.7 Å². The Morgan fingerprint density at radius 3 is 2.55 bits per heavy atom. The van der Waals surface area contributed by atoms with Gasteiger partial charge in [-0.25, -0.2) is 0 Å². The van der Waals surface area contributed by atoms with Crippen LogP contribution in [0.1, 0.15) is 44.4 Å². The van der Waals surface area contributed by atoms with Gasteiger partial charge < -0.3 is 5.11 Å². The van der Waals surface area contributed by atoms with Crippen molar-refractivity contribution in [3.05, 3.63) is 35.4 Å². The fourth-order valence-corrected chi connectivity index (χ4v) is 3.23. The van der Waals surface area contributed by atoms with Crippen molar-refractivity contribution in [3.8, 4) is 0 Å². The zero-order chi connectivity index (χ0) is 14.9. The van der Waals surface area contributed by atoms with E-state index in [1.54, 1.807) is 0 Å². The van der Waals surface area contributed by atoms with Crippen LogP contribution in [0.5, 0.6) is 0 Å². The third-order valence-electron chi connectivity index (χ3n) is 4.93. The van der Waals surface area contributed by atoms with Crippen LogP contribution in [0, 0.1) is 18.3 Å². The van der Waals surface area contributed by atoms with Crippen molar-refractivity contribution < 1.29 is 9.90 Å². The predicted molar refractivity (Wildman–Crippen MR) is 80.7 cm³/mol. The van der Waals surface area contributed by atoms with Gasteiger partial charge in [-0.3, -0.25) is 9.69 Å². The van der Waals surface area contributed by atoms with E-state index in [-0.39, 0.29) is 12.0 Å². The van der Waals surface area contributed by atoms with Crippen LogP contribution in [0.4, 0.5) is 0 Å². The first-order valence-corrected chi connectivity index (χ1v) is 7.41. The molecule has 2 atom stereocenters. The van der Waals surface area contributed by atoms with Gasteiger partial charge >= 0.3 is 5.97 Å². The molecule has 1 fully saturated rings. The van der Waals surface area contributed by atoms with Gasteiger partial charge in [-0.05, 0) is 38.3 Å². The van der Waals surface area contributed by atoms with Crippen LogP contribution in [0.3, 0.4) is 0 Å². The molecule has 0 amide bonds. The average Bonchev–Trinajstić information content (AvgIpc) is 2.84. The van der Waals surface area contributed by atoms with Gasteiger partial charge in [0.25, 0.3) is 0 Å². The number of carbonyl (C=O) groups is 1. The van der Waals surface area contributed by atoms with E-state index in [4.69, 9.17) is 0 Å². The Balaban J connectivity index is 2.18. The first kappa shape index (κ1) is 15.0. The highest BCUT2D eigenvalue weighted by atomic mass is 16.4. The Morgan fingerprint density at radius 1 is 1.35 bits per heavy atom. The Kier molecular flexibility index (Phi) is 4.19. The first-order chi connectivity index (χ1) is 9.36.